The van der Waals surface area contributed by atoms with E-state index >= 15 is 0 Å². The summed E-state index contributed by atoms with van der Waals surface area (Å²) in [7, 11) is 0. The number of pyridine rings is 1. The second kappa shape index (κ2) is 8.54. The molecule has 6 heteroatoms. The Labute approximate surface area is 167 Å². The maximum atomic E-state index is 4.88. The normalized spacial score (nSPS) is 12.3. The summed E-state index contributed by atoms with van der Waals surface area (Å²) in [6, 6.07) is 24.0. The van der Waals surface area contributed by atoms with Crippen molar-refractivity contribution in [3.8, 4) is 0 Å². The topological polar surface area (TPSA) is 55.4 Å². The first-order valence-corrected chi connectivity index (χ1v) is 9.73. The molecule has 0 fully saturated rings. The molecule has 0 radical (unpaired) electrons. The van der Waals surface area contributed by atoms with E-state index in [-0.39, 0.29) is 0 Å². The Morgan fingerprint density at radius 1 is 0.929 bits per heavy atom. The molecule has 0 saturated heterocycles. The van der Waals surface area contributed by atoms with Crippen molar-refractivity contribution in [2.24, 2.45) is 9.98 Å². The zero-order chi connectivity index (χ0) is 19.2. The standard InChI is InChI=1S/C22H19N5S/c1-17-26-28-22(27(17)16-18-8-4-2-5-9-18)25-21(19-12-14-23-15-13-19)24-20-10-6-3-7-11-20/h2-15H,16H2,1H3. The van der Waals surface area contributed by atoms with Crippen molar-refractivity contribution in [2.75, 3.05) is 0 Å². The van der Waals surface area contributed by atoms with Gasteiger partial charge in [-0.05, 0) is 36.8 Å². The van der Waals surface area contributed by atoms with Crippen LogP contribution < -0.4 is 4.80 Å². The van der Waals surface area contributed by atoms with Crippen LogP contribution in [-0.4, -0.2) is 19.8 Å². The fourth-order valence-electron chi connectivity index (χ4n) is 2.74. The van der Waals surface area contributed by atoms with E-state index in [4.69, 9.17) is 9.98 Å². The predicted octanol–water partition coefficient (Wildman–Crippen LogP) is 4.38. The van der Waals surface area contributed by atoms with Gasteiger partial charge in [-0.3, -0.25) is 9.55 Å². The van der Waals surface area contributed by atoms with Crippen LogP contribution in [0.4, 0.5) is 5.69 Å². The molecular formula is C22H19N5S. The maximum Gasteiger partial charge on any atom is 0.211 e. The Morgan fingerprint density at radius 2 is 1.61 bits per heavy atom. The monoisotopic (exact) mass is 385 g/mol. The number of hydrogen-bond acceptors (Lipinski definition) is 4. The summed E-state index contributed by atoms with van der Waals surface area (Å²) in [5, 5.41) is 0. The van der Waals surface area contributed by atoms with Gasteiger partial charge >= 0.3 is 0 Å². The summed E-state index contributed by atoms with van der Waals surface area (Å²) in [6.07, 6.45) is 3.50. The van der Waals surface area contributed by atoms with Crippen molar-refractivity contribution in [3.05, 3.63) is 107 Å². The molecule has 5 nitrogen and oxygen atoms in total. The van der Waals surface area contributed by atoms with Crippen molar-refractivity contribution in [3.63, 3.8) is 0 Å². The van der Waals surface area contributed by atoms with Gasteiger partial charge in [0.15, 0.2) is 5.84 Å². The predicted molar refractivity (Wildman–Crippen MR) is 113 cm³/mol. The molecule has 0 aliphatic carbocycles. The largest absolute Gasteiger partial charge is 0.299 e. The molecule has 0 saturated carbocycles. The third kappa shape index (κ3) is 4.29. The smallest absolute Gasteiger partial charge is 0.211 e. The molecule has 28 heavy (non-hydrogen) atoms. The Morgan fingerprint density at radius 3 is 2.32 bits per heavy atom. The fourth-order valence-corrected chi connectivity index (χ4v) is 3.48. The number of para-hydroxylation sites is 1. The first-order chi connectivity index (χ1) is 13.8. The number of amidine groups is 1. The van der Waals surface area contributed by atoms with Gasteiger partial charge in [-0.25, -0.2) is 4.99 Å². The first kappa shape index (κ1) is 18.0. The van der Waals surface area contributed by atoms with E-state index in [1.165, 1.54) is 17.1 Å². The van der Waals surface area contributed by atoms with Gasteiger partial charge in [-0.1, -0.05) is 48.5 Å². The molecule has 0 aliphatic rings. The molecule has 0 amide bonds. The molecule has 0 atom stereocenters. The number of nitrogens with zero attached hydrogens (tertiary/aromatic N) is 5. The summed E-state index contributed by atoms with van der Waals surface area (Å²) in [5.41, 5.74) is 2.97. The van der Waals surface area contributed by atoms with Crippen LogP contribution in [0, 0.1) is 6.92 Å². The fraction of sp³-hybridized carbons (Fsp3) is 0.0909. The number of rotatable bonds is 4. The Balaban J connectivity index is 1.81. The summed E-state index contributed by atoms with van der Waals surface area (Å²) >= 11 is 1.38. The zero-order valence-electron chi connectivity index (χ0n) is 15.4. The van der Waals surface area contributed by atoms with E-state index in [9.17, 15) is 0 Å². The van der Waals surface area contributed by atoms with E-state index in [0.29, 0.717) is 5.84 Å². The van der Waals surface area contributed by atoms with E-state index in [0.717, 1.165) is 28.4 Å². The van der Waals surface area contributed by atoms with Crippen LogP contribution >= 0.6 is 11.5 Å². The highest BCUT2D eigenvalue weighted by atomic mass is 32.1. The van der Waals surface area contributed by atoms with Gasteiger partial charge in [0, 0.05) is 29.5 Å². The average molecular weight is 385 g/mol. The van der Waals surface area contributed by atoms with Crippen molar-refractivity contribution in [2.45, 2.75) is 13.5 Å². The number of benzene rings is 2. The first-order valence-electron chi connectivity index (χ1n) is 8.95. The van der Waals surface area contributed by atoms with Crippen LogP contribution in [0.3, 0.4) is 0 Å². The van der Waals surface area contributed by atoms with Crippen molar-refractivity contribution >= 4 is 23.1 Å². The second-order valence-electron chi connectivity index (χ2n) is 6.20. The maximum absolute atomic E-state index is 4.88. The Kier molecular flexibility index (Phi) is 5.49. The molecule has 4 aromatic rings. The van der Waals surface area contributed by atoms with Crippen LogP contribution in [0.1, 0.15) is 17.0 Å². The summed E-state index contributed by atoms with van der Waals surface area (Å²) < 4.78 is 6.62. The van der Waals surface area contributed by atoms with Gasteiger partial charge in [-0.2, -0.15) is 9.37 Å². The molecule has 0 aliphatic heterocycles. The minimum atomic E-state index is 0.638. The summed E-state index contributed by atoms with van der Waals surface area (Å²) in [4.78, 5) is 14.6. The highest BCUT2D eigenvalue weighted by Gasteiger charge is 2.08. The molecule has 4 rings (SSSR count). The molecule has 0 N–H and O–H groups in total. The van der Waals surface area contributed by atoms with E-state index < -0.39 is 0 Å². The third-order valence-corrected chi connectivity index (χ3v) is 5.03. The Bertz CT molecular complexity index is 1130. The molecule has 2 aromatic heterocycles. The lowest BCUT2D eigenvalue weighted by molar-refractivity contribution is 0.729. The summed E-state index contributed by atoms with van der Waals surface area (Å²) in [5.74, 6) is 1.57. The quantitative estimate of drug-likeness (QED) is 0.387. The second-order valence-corrected chi connectivity index (χ2v) is 6.93. The lowest BCUT2D eigenvalue weighted by Gasteiger charge is -2.06. The number of hydrogen-bond donors (Lipinski definition) is 0. The van der Waals surface area contributed by atoms with Crippen LogP contribution in [-0.2, 0) is 6.54 Å². The van der Waals surface area contributed by atoms with Gasteiger partial charge in [-0.15, -0.1) is 0 Å². The van der Waals surface area contributed by atoms with Crippen LogP contribution in [0.15, 0.2) is 95.2 Å². The van der Waals surface area contributed by atoms with Crippen molar-refractivity contribution in [1.29, 1.82) is 0 Å². The number of aromatic nitrogens is 3. The van der Waals surface area contributed by atoms with Crippen LogP contribution in [0.5, 0.6) is 0 Å². The average Bonchev–Trinajstić information content (AvgIpc) is 3.09. The van der Waals surface area contributed by atoms with Gasteiger partial charge < -0.3 is 0 Å². The van der Waals surface area contributed by atoms with Gasteiger partial charge in [0.1, 0.15) is 5.82 Å². The van der Waals surface area contributed by atoms with Crippen molar-refractivity contribution in [1.82, 2.24) is 13.9 Å². The van der Waals surface area contributed by atoms with Gasteiger partial charge in [0.25, 0.3) is 0 Å². The molecule has 138 valence electrons. The molecule has 2 heterocycles. The minimum Gasteiger partial charge on any atom is -0.299 e. The lowest BCUT2D eigenvalue weighted by atomic mass is 10.2. The third-order valence-electron chi connectivity index (χ3n) is 4.20. The number of aryl methyl sites for hydroxylation is 1. The SMILES string of the molecule is Cc1nsc(=NC(=Nc2ccccc2)c2ccncc2)n1Cc1ccccc1. The van der Waals surface area contributed by atoms with Crippen molar-refractivity contribution < 1.29 is 0 Å². The highest BCUT2D eigenvalue weighted by molar-refractivity contribution is 7.02. The molecular weight excluding hydrogens is 366 g/mol. The van der Waals surface area contributed by atoms with E-state index in [2.05, 4.69) is 26.1 Å². The molecule has 2 aromatic carbocycles. The zero-order valence-corrected chi connectivity index (χ0v) is 16.3. The molecule has 0 unspecified atom stereocenters. The lowest BCUT2D eigenvalue weighted by Crippen LogP contribution is -2.19. The van der Waals surface area contributed by atoms with Crippen LogP contribution in [0.25, 0.3) is 0 Å². The Hall–Kier alpha value is -3.38. The van der Waals surface area contributed by atoms with Gasteiger partial charge in [0.2, 0.25) is 4.80 Å². The molecule has 0 bridgehead atoms. The van der Waals surface area contributed by atoms with E-state index in [1.807, 2.05) is 67.6 Å². The minimum absolute atomic E-state index is 0.638. The van der Waals surface area contributed by atoms with Gasteiger partial charge in [0.05, 0.1) is 12.2 Å². The summed E-state index contributed by atoms with van der Waals surface area (Å²) in [6.45, 7) is 2.72. The highest BCUT2D eigenvalue weighted by Crippen LogP contribution is 2.14. The number of aliphatic imine (C=N–C) groups is 1. The molecule has 0 spiro atoms. The van der Waals surface area contributed by atoms with Crippen LogP contribution in [0.2, 0.25) is 0 Å². The van der Waals surface area contributed by atoms with E-state index in [1.54, 1.807) is 12.4 Å².